The number of hydrogen-bond donors (Lipinski definition) is 0. The topological polar surface area (TPSA) is 74.6 Å². The van der Waals surface area contributed by atoms with Crippen LogP contribution in [0.5, 0.6) is 5.75 Å². The predicted octanol–water partition coefficient (Wildman–Crippen LogP) is 3.70. The lowest BCUT2D eigenvalue weighted by atomic mass is 9.81. The number of rotatable bonds is 6. The lowest BCUT2D eigenvalue weighted by Crippen LogP contribution is -2.46. The van der Waals surface area contributed by atoms with Crippen molar-refractivity contribution in [2.24, 2.45) is 22.0 Å². The fourth-order valence-corrected chi connectivity index (χ4v) is 4.09. The molecule has 4 rings (SSSR count). The third-order valence-electron chi connectivity index (χ3n) is 5.61. The van der Waals surface area contributed by atoms with E-state index >= 15 is 0 Å². The van der Waals surface area contributed by atoms with E-state index in [0.29, 0.717) is 31.0 Å². The third-order valence-corrected chi connectivity index (χ3v) is 5.61. The molecule has 2 aliphatic rings. The number of para-hydroxylation sites is 1. The van der Waals surface area contributed by atoms with Crippen LogP contribution in [0.15, 0.2) is 64.8 Å². The van der Waals surface area contributed by atoms with Crippen molar-refractivity contribution < 1.29 is 14.3 Å². The number of amides is 2. The normalized spacial score (nSPS) is 21.3. The molecule has 7 heteroatoms. The minimum absolute atomic E-state index is 0.139. The fraction of sp³-hybridized carbons (Fsp3) is 0.333. The van der Waals surface area contributed by atoms with Crippen LogP contribution in [0.2, 0.25) is 0 Å². The van der Waals surface area contributed by atoms with E-state index in [4.69, 9.17) is 4.74 Å². The van der Waals surface area contributed by atoms with Crippen molar-refractivity contribution in [2.75, 3.05) is 18.2 Å². The molecule has 0 fully saturated rings. The molecule has 31 heavy (non-hydrogen) atoms. The molecular weight excluding hydrogens is 392 g/mol. The highest BCUT2D eigenvalue weighted by Gasteiger charge is 2.46. The summed E-state index contributed by atoms with van der Waals surface area (Å²) in [6.45, 7) is 6.68. The van der Waals surface area contributed by atoms with E-state index in [1.54, 1.807) is 0 Å². The number of carbonyl (C=O) groups excluding carboxylic acids is 2. The first-order chi connectivity index (χ1) is 15.0. The van der Waals surface area contributed by atoms with Crippen LogP contribution < -0.4 is 9.75 Å². The largest absolute Gasteiger partial charge is 0.494 e. The number of carbonyl (C=O) groups is 2. The number of hydrazone groups is 2. The van der Waals surface area contributed by atoms with Crippen molar-refractivity contribution in [2.45, 2.75) is 27.2 Å². The van der Waals surface area contributed by atoms with Crippen LogP contribution in [0.25, 0.3) is 0 Å². The quantitative estimate of drug-likeness (QED) is 0.718. The monoisotopic (exact) mass is 418 g/mol. The minimum atomic E-state index is -0.602. The van der Waals surface area contributed by atoms with Gasteiger partial charge in [0.2, 0.25) is 5.91 Å². The molecule has 0 N–H and O–H groups in total. The van der Waals surface area contributed by atoms with Gasteiger partial charge in [-0.3, -0.25) is 9.59 Å². The molecule has 0 saturated carbocycles. The average molecular weight is 418 g/mol. The average Bonchev–Trinajstić information content (AvgIpc) is 3.09. The Labute approximate surface area is 182 Å². The van der Waals surface area contributed by atoms with Crippen molar-refractivity contribution >= 4 is 28.9 Å². The lowest BCUT2D eigenvalue weighted by molar-refractivity contribution is -0.139. The molecule has 2 aromatic carbocycles. The summed E-state index contributed by atoms with van der Waals surface area (Å²) in [6, 6.07) is 17.0. The van der Waals surface area contributed by atoms with E-state index < -0.39 is 11.8 Å². The van der Waals surface area contributed by atoms with Gasteiger partial charge in [-0.1, -0.05) is 18.2 Å². The summed E-state index contributed by atoms with van der Waals surface area (Å²) in [4.78, 5) is 26.5. The maximum atomic E-state index is 13.3. The van der Waals surface area contributed by atoms with Crippen molar-refractivity contribution in [1.29, 1.82) is 0 Å². The molecule has 7 nitrogen and oxygen atoms in total. The van der Waals surface area contributed by atoms with Crippen LogP contribution in [-0.2, 0) is 9.59 Å². The number of benzene rings is 2. The molecule has 2 amide bonds. The van der Waals surface area contributed by atoms with E-state index in [2.05, 4.69) is 10.2 Å². The van der Waals surface area contributed by atoms with Crippen molar-refractivity contribution in [3.8, 4) is 5.75 Å². The maximum Gasteiger partial charge on any atom is 0.257 e. The summed E-state index contributed by atoms with van der Waals surface area (Å²) in [6.07, 6.45) is 0.384. The second kappa shape index (κ2) is 8.71. The Morgan fingerprint density at radius 2 is 1.68 bits per heavy atom. The van der Waals surface area contributed by atoms with E-state index in [9.17, 15) is 9.59 Å². The zero-order valence-corrected chi connectivity index (χ0v) is 18.0. The van der Waals surface area contributed by atoms with E-state index in [1.807, 2.05) is 75.4 Å². The van der Waals surface area contributed by atoms with Crippen LogP contribution in [0.3, 0.4) is 0 Å². The van der Waals surface area contributed by atoms with Gasteiger partial charge < -0.3 is 4.74 Å². The Morgan fingerprint density at radius 3 is 2.32 bits per heavy atom. The summed E-state index contributed by atoms with van der Waals surface area (Å²) >= 11 is 0. The molecule has 2 aromatic rings. The van der Waals surface area contributed by atoms with Crippen LogP contribution >= 0.6 is 0 Å². The van der Waals surface area contributed by atoms with Gasteiger partial charge in [-0.25, -0.2) is 10.0 Å². The van der Waals surface area contributed by atoms with Gasteiger partial charge in [0.1, 0.15) is 5.75 Å². The lowest BCUT2D eigenvalue weighted by Gasteiger charge is -2.31. The van der Waals surface area contributed by atoms with Gasteiger partial charge in [0.15, 0.2) is 0 Å². The standard InChI is InChI=1S/C24H26N4O3/c1-4-27-23(29)20(15-21(26-27)17-11-13-19(14-12-17)31-5-2)22-16(3)25-28(24(22)30)18-9-7-6-8-10-18/h6-14,20,22H,4-5,15H2,1-3H3/t20-,22+/m1/s1. The summed E-state index contributed by atoms with van der Waals surface area (Å²) < 4.78 is 5.52. The number of anilines is 1. The number of ether oxygens (including phenoxy) is 1. The van der Waals surface area contributed by atoms with E-state index in [0.717, 1.165) is 17.0 Å². The second-order valence-corrected chi connectivity index (χ2v) is 7.57. The maximum absolute atomic E-state index is 13.3. The summed E-state index contributed by atoms with van der Waals surface area (Å²) in [5.41, 5.74) is 3.05. The molecule has 0 aliphatic carbocycles. The molecule has 0 unspecified atom stereocenters. The molecule has 160 valence electrons. The molecule has 0 spiro atoms. The minimum Gasteiger partial charge on any atom is -0.494 e. The fourth-order valence-electron chi connectivity index (χ4n) is 4.09. The zero-order chi connectivity index (χ0) is 22.0. The first-order valence-corrected chi connectivity index (χ1v) is 10.6. The smallest absolute Gasteiger partial charge is 0.257 e. The second-order valence-electron chi connectivity index (χ2n) is 7.57. The highest BCUT2D eigenvalue weighted by atomic mass is 16.5. The number of nitrogens with zero attached hydrogens (tertiary/aromatic N) is 4. The SMILES string of the molecule is CCOc1ccc(C2=NN(CC)C(=O)[C@@H]([C@H]3C(=O)N(c4ccccc4)N=C3C)C2)cc1. The van der Waals surface area contributed by atoms with Crippen LogP contribution in [-0.4, -0.2) is 41.4 Å². The van der Waals surface area contributed by atoms with Crippen molar-refractivity contribution in [1.82, 2.24) is 5.01 Å². The van der Waals surface area contributed by atoms with Gasteiger partial charge >= 0.3 is 0 Å². The number of hydrogen-bond acceptors (Lipinski definition) is 5. The van der Waals surface area contributed by atoms with E-state index in [-0.39, 0.29) is 11.8 Å². The Kier molecular flexibility index (Phi) is 5.84. The van der Waals surface area contributed by atoms with Gasteiger partial charge in [-0.15, -0.1) is 0 Å². The molecule has 0 saturated heterocycles. The molecule has 2 heterocycles. The third kappa shape index (κ3) is 3.95. The Balaban J connectivity index is 1.62. The van der Waals surface area contributed by atoms with Gasteiger partial charge in [0.25, 0.3) is 5.91 Å². The van der Waals surface area contributed by atoms with Crippen LogP contribution in [0.4, 0.5) is 5.69 Å². The summed E-state index contributed by atoms with van der Waals surface area (Å²) in [5, 5.41) is 11.9. The van der Waals surface area contributed by atoms with Gasteiger partial charge in [0, 0.05) is 18.7 Å². The highest BCUT2D eigenvalue weighted by Crippen LogP contribution is 2.34. The zero-order valence-electron chi connectivity index (χ0n) is 18.0. The van der Waals surface area contributed by atoms with Gasteiger partial charge in [-0.2, -0.15) is 10.2 Å². The first kappa shape index (κ1) is 20.8. The Hall–Kier alpha value is -3.48. The molecule has 0 radical (unpaired) electrons. The predicted molar refractivity (Wildman–Crippen MR) is 120 cm³/mol. The van der Waals surface area contributed by atoms with Crippen LogP contribution in [0, 0.1) is 11.8 Å². The first-order valence-electron chi connectivity index (χ1n) is 10.6. The van der Waals surface area contributed by atoms with Crippen LogP contribution in [0.1, 0.15) is 32.8 Å². The van der Waals surface area contributed by atoms with E-state index in [1.165, 1.54) is 10.0 Å². The van der Waals surface area contributed by atoms with Crippen molar-refractivity contribution in [3.63, 3.8) is 0 Å². The molecule has 0 aromatic heterocycles. The molecule has 2 atom stereocenters. The molecule has 2 aliphatic heterocycles. The van der Waals surface area contributed by atoms with Crippen molar-refractivity contribution in [3.05, 3.63) is 60.2 Å². The summed E-state index contributed by atoms with van der Waals surface area (Å²) in [5.74, 6) is -0.667. The molecule has 0 bridgehead atoms. The Bertz CT molecular complexity index is 1030. The van der Waals surface area contributed by atoms with Gasteiger partial charge in [0.05, 0.1) is 29.8 Å². The van der Waals surface area contributed by atoms with Gasteiger partial charge in [-0.05, 0) is 62.7 Å². The summed E-state index contributed by atoms with van der Waals surface area (Å²) in [7, 11) is 0. The molecular formula is C24H26N4O3. The highest BCUT2D eigenvalue weighted by molar-refractivity contribution is 6.18. The Morgan fingerprint density at radius 1 is 0.968 bits per heavy atom.